The molecule has 2 aromatic rings. The maximum atomic E-state index is 4.98. The molecule has 31 heavy (non-hydrogen) atoms. The van der Waals surface area contributed by atoms with E-state index < -0.39 is 0 Å². The zero-order chi connectivity index (χ0) is 22.0. The summed E-state index contributed by atoms with van der Waals surface area (Å²) in [6.45, 7) is 4.50. The van der Waals surface area contributed by atoms with Crippen molar-refractivity contribution in [1.29, 1.82) is 0 Å². The van der Waals surface area contributed by atoms with Crippen LogP contribution in [0.4, 0.5) is 11.4 Å². The molecule has 0 saturated heterocycles. The van der Waals surface area contributed by atoms with Gasteiger partial charge in [0.25, 0.3) is 0 Å². The lowest BCUT2D eigenvalue weighted by molar-refractivity contribution is 0.592. The molecule has 0 amide bonds. The zero-order valence-corrected chi connectivity index (χ0v) is 19.6. The third-order valence-electron chi connectivity index (χ3n) is 5.34. The van der Waals surface area contributed by atoms with Crippen molar-refractivity contribution in [3.05, 3.63) is 72.8 Å². The fourth-order valence-electron chi connectivity index (χ4n) is 3.50. The molecule has 2 nitrogen and oxygen atoms in total. The first-order valence-corrected chi connectivity index (χ1v) is 12.3. The quantitative estimate of drug-likeness (QED) is 0.204. The molecule has 0 aromatic heterocycles. The van der Waals surface area contributed by atoms with Gasteiger partial charge in [-0.1, -0.05) is 101 Å². The highest BCUT2D eigenvalue weighted by Gasteiger charge is 2.07. The van der Waals surface area contributed by atoms with Crippen LogP contribution in [0.1, 0.15) is 84.5 Å². The highest BCUT2D eigenvalue weighted by atomic mass is 14.8. The summed E-state index contributed by atoms with van der Waals surface area (Å²) in [6, 6.07) is 20.5. The lowest BCUT2D eigenvalue weighted by Gasteiger charge is -2.08. The van der Waals surface area contributed by atoms with Crippen LogP contribution in [-0.4, -0.2) is 11.4 Å². The topological polar surface area (TPSA) is 24.7 Å². The second-order valence-electron chi connectivity index (χ2n) is 8.14. The van der Waals surface area contributed by atoms with Gasteiger partial charge in [0.15, 0.2) is 0 Å². The van der Waals surface area contributed by atoms with Crippen LogP contribution in [-0.2, 0) is 0 Å². The Morgan fingerprint density at radius 1 is 0.645 bits per heavy atom. The molecule has 0 aliphatic carbocycles. The number of hydrogen-bond donors (Lipinski definition) is 0. The second-order valence-corrected chi connectivity index (χ2v) is 8.14. The van der Waals surface area contributed by atoms with Crippen LogP contribution in [0.2, 0.25) is 0 Å². The normalized spacial score (nSPS) is 12.6. The minimum absolute atomic E-state index is 0.943. The van der Waals surface area contributed by atoms with E-state index in [0.29, 0.717) is 0 Å². The standard InChI is InChI=1S/C29H40N2/c1-3-5-7-8-9-10-11-12-19-25-29(31-27-22-17-14-18-23-27)28(24-6-4-2)30-26-20-15-13-16-21-26/h13-23,25H,3-12,24H2,1-2H3/b25-19+,30-28?,31-29?. The number of rotatable bonds is 15. The predicted molar refractivity (Wildman–Crippen MR) is 138 cm³/mol. The van der Waals surface area contributed by atoms with E-state index in [9.17, 15) is 0 Å². The van der Waals surface area contributed by atoms with E-state index >= 15 is 0 Å². The summed E-state index contributed by atoms with van der Waals surface area (Å²) in [5, 5.41) is 0. The number of benzene rings is 2. The SMILES string of the molecule is CCCCCCCCC/C=C/C(=Nc1ccccc1)C(CCCC)=Nc1ccccc1. The molecule has 0 saturated carbocycles. The van der Waals surface area contributed by atoms with Crippen LogP contribution in [0.25, 0.3) is 0 Å². The lowest BCUT2D eigenvalue weighted by Crippen LogP contribution is -2.11. The van der Waals surface area contributed by atoms with Crippen molar-refractivity contribution in [3.63, 3.8) is 0 Å². The van der Waals surface area contributed by atoms with Gasteiger partial charge < -0.3 is 0 Å². The summed E-state index contributed by atoms with van der Waals surface area (Å²) in [6.07, 6.45) is 18.2. The number of aliphatic imine (C=N–C) groups is 2. The van der Waals surface area contributed by atoms with Gasteiger partial charge in [-0.15, -0.1) is 0 Å². The molecule has 0 unspecified atom stereocenters. The largest absolute Gasteiger partial charge is 0.251 e. The number of allylic oxidation sites excluding steroid dienone is 2. The van der Waals surface area contributed by atoms with Gasteiger partial charge in [-0.3, -0.25) is 4.99 Å². The van der Waals surface area contributed by atoms with Gasteiger partial charge in [0.05, 0.1) is 22.8 Å². The van der Waals surface area contributed by atoms with Gasteiger partial charge in [0.2, 0.25) is 0 Å². The Morgan fingerprint density at radius 3 is 1.81 bits per heavy atom. The predicted octanol–water partition coefficient (Wildman–Crippen LogP) is 9.42. The molecule has 0 radical (unpaired) electrons. The minimum atomic E-state index is 0.943. The van der Waals surface area contributed by atoms with E-state index in [2.05, 4.69) is 50.3 Å². The molecule has 0 atom stereocenters. The van der Waals surface area contributed by atoms with Crippen molar-refractivity contribution in [2.75, 3.05) is 0 Å². The van der Waals surface area contributed by atoms with Crippen LogP contribution < -0.4 is 0 Å². The van der Waals surface area contributed by atoms with E-state index in [1.807, 2.05) is 36.4 Å². The first kappa shape index (κ1) is 24.8. The van der Waals surface area contributed by atoms with Gasteiger partial charge in [-0.25, -0.2) is 4.99 Å². The molecule has 0 aliphatic heterocycles. The Balaban J connectivity index is 2.11. The van der Waals surface area contributed by atoms with Crippen LogP contribution in [0.15, 0.2) is 82.8 Å². The summed E-state index contributed by atoms with van der Waals surface area (Å²) in [4.78, 5) is 9.96. The van der Waals surface area contributed by atoms with Crippen molar-refractivity contribution >= 4 is 22.8 Å². The third-order valence-corrected chi connectivity index (χ3v) is 5.34. The molecule has 0 spiro atoms. The number of unbranched alkanes of at least 4 members (excludes halogenated alkanes) is 8. The van der Waals surface area contributed by atoms with Gasteiger partial charge in [-0.2, -0.15) is 0 Å². The molecule has 2 heteroatoms. The third kappa shape index (κ3) is 10.9. The Morgan fingerprint density at radius 2 is 1.19 bits per heavy atom. The van der Waals surface area contributed by atoms with E-state index in [1.165, 1.54) is 44.9 Å². The van der Waals surface area contributed by atoms with Gasteiger partial charge in [-0.05, 0) is 56.0 Å². The van der Waals surface area contributed by atoms with E-state index in [0.717, 1.165) is 48.5 Å². The van der Waals surface area contributed by atoms with Gasteiger partial charge >= 0.3 is 0 Å². The molecule has 0 heterocycles. The van der Waals surface area contributed by atoms with Crippen LogP contribution in [0, 0.1) is 0 Å². The molecule has 2 aromatic carbocycles. The van der Waals surface area contributed by atoms with Crippen LogP contribution >= 0.6 is 0 Å². The average Bonchev–Trinajstić information content (AvgIpc) is 2.81. The summed E-state index contributed by atoms with van der Waals surface area (Å²) in [5.74, 6) is 0. The fourth-order valence-corrected chi connectivity index (χ4v) is 3.50. The molecule has 2 rings (SSSR count). The minimum Gasteiger partial charge on any atom is -0.251 e. The van der Waals surface area contributed by atoms with Crippen LogP contribution in [0.5, 0.6) is 0 Å². The lowest BCUT2D eigenvalue weighted by atomic mass is 10.1. The highest BCUT2D eigenvalue weighted by molar-refractivity contribution is 6.47. The maximum Gasteiger partial charge on any atom is 0.0848 e. The molecule has 0 aliphatic rings. The number of hydrogen-bond acceptors (Lipinski definition) is 2. The van der Waals surface area contributed by atoms with Crippen molar-refractivity contribution in [3.8, 4) is 0 Å². The van der Waals surface area contributed by atoms with E-state index in [1.54, 1.807) is 0 Å². The van der Waals surface area contributed by atoms with Crippen molar-refractivity contribution < 1.29 is 0 Å². The fraction of sp³-hybridized carbons (Fsp3) is 0.448. The Hall–Kier alpha value is -2.48. The Kier molecular flexibility index (Phi) is 13.0. The zero-order valence-electron chi connectivity index (χ0n) is 19.6. The van der Waals surface area contributed by atoms with E-state index in [4.69, 9.17) is 9.98 Å². The van der Waals surface area contributed by atoms with Gasteiger partial charge in [0, 0.05) is 0 Å². The summed E-state index contributed by atoms with van der Waals surface area (Å²) < 4.78 is 0. The first-order chi connectivity index (χ1) is 15.3. The Bertz CT molecular complexity index is 788. The van der Waals surface area contributed by atoms with Crippen LogP contribution in [0.3, 0.4) is 0 Å². The molecule has 0 bridgehead atoms. The van der Waals surface area contributed by atoms with Gasteiger partial charge in [0.1, 0.15) is 0 Å². The monoisotopic (exact) mass is 416 g/mol. The number of nitrogens with zero attached hydrogens (tertiary/aromatic N) is 2. The highest BCUT2D eigenvalue weighted by Crippen LogP contribution is 2.17. The summed E-state index contributed by atoms with van der Waals surface area (Å²) >= 11 is 0. The number of para-hydroxylation sites is 2. The second kappa shape index (κ2) is 16.2. The molecular weight excluding hydrogens is 376 g/mol. The average molecular weight is 417 g/mol. The Labute approximate surface area is 190 Å². The van der Waals surface area contributed by atoms with Crippen molar-refractivity contribution in [2.24, 2.45) is 9.98 Å². The molecular formula is C29H40N2. The van der Waals surface area contributed by atoms with Crippen molar-refractivity contribution in [2.45, 2.75) is 84.5 Å². The summed E-state index contributed by atoms with van der Waals surface area (Å²) in [7, 11) is 0. The van der Waals surface area contributed by atoms with E-state index in [-0.39, 0.29) is 0 Å². The first-order valence-electron chi connectivity index (χ1n) is 12.3. The van der Waals surface area contributed by atoms with Crippen molar-refractivity contribution in [1.82, 2.24) is 0 Å². The molecule has 0 N–H and O–H groups in total. The summed E-state index contributed by atoms with van der Waals surface area (Å²) in [5.41, 5.74) is 4.05. The maximum absolute atomic E-state index is 4.98. The molecule has 166 valence electrons. The molecule has 0 fully saturated rings. The smallest absolute Gasteiger partial charge is 0.0848 e.